The Kier molecular flexibility index (Phi) is 4.25. The van der Waals surface area contributed by atoms with E-state index >= 15 is 0 Å². The minimum atomic E-state index is -0.234. The summed E-state index contributed by atoms with van der Waals surface area (Å²) in [4.78, 5) is 25.7. The molecule has 0 aromatic heterocycles. The van der Waals surface area contributed by atoms with E-state index in [-0.39, 0.29) is 11.5 Å². The van der Waals surface area contributed by atoms with Gasteiger partial charge in [-0.25, -0.2) is 4.79 Å². The SMILES string of the molecule is CCCCOC(=O)N1CCC(=O)C2(CCCC2)C1. The second-order valence-corrected chi connectivity index (χ2v) is 5.55. The molecule has 2 rings (SSSR count). The Hall–Kier alpha value is -1.06. The van der Waals surface area contributed by atoms with E-state index in [9.17, 15) is 9.59 Å². The predicted octanol–water partition coefficient (Wildman–Crippen LogP) is 2.76. The molecule has 0 aromatic rings. The molecule has 1 saturated carbocycles. The average Bonchev–Trinajstić information content (AvgIpc) is 2.82. The molecule has 1 amide bonds. The number of rotatable bonds is 3. The van der Waals surface area contributed by atoms with Crippen molar-refractivity contribution in [2.75, 3.05) is 19.7 Å². The van der Waals surface area contributed by atoms with Gasteiger partial charge in [-0.05, 0) is 19.3 Å². The van der Waals surface area contributed by atoms with Crippen LogP contribution in [0.15, 0.2) is 0 Å². The van der Waals surface area contributed by atoms with Crippen LogP contribution in [0.2, 0.25) is 0 Å². The predicted molar refractivity (Wildman–Crippen MR) is 68.4 cm³/mol. The largest absolute Gasteiger partial charge is 0.449 e. The van der Waals surface area contributed by atoms with Gasteiger partial charge in [0.2, 0.25) is 0 Å². The highest BCUT2D eigenvalue weighted by Crippen LogP contribution is 2.42. The van der Waals surface area contributed by atoms with Gasteiger partial charge < -0.3 is 9.64 Å². The fourth-order valence-corrected chi connectivity index (χ4v) is 3.07. The lowest BCUT2D eigenvalue weighted by molar-refractivity contribution is -0.132. The average molecular weight is 253 g/mol. The van der Waals surface area contributed by atoms with Crippen LogP contribution in [-0.2, 0) is 9.53 Å². The third-order valence-electron chi connectivity index (χ3n) is 4.24. The van der Waals surface area contributed by atoms with Crippen molar-refractivity contribution >= 4 is 11.9 Å². The molecule has 1 aliphatic carbocycles. The first kappa shape index (κ1) is 13.4. The summed E-state index contributed by atoms with van der Waals surface area (Å²) in [6, 6.07) is 0. The molecule has 0 atom stereocenters. The molecule has 1 spiro atoms. The Morgan fingerprint density at radius 3 is 2.78 bits per heavy atom. The first-order valence-electron chi connectivity index (χ1n) is 7.13. The number of Topliss-reactive ketones (excluding diaryl/α,β-unsaturated/α-hetero) is 1. The minimum absolute atomic E-state index is 0.234. The van der Waals surface area contributed by atoms with Gasteiger partial charge in [0.25, 0.3) is 0 Å². The van der Waals surface area contributed by atoms with E-state index in [4.69, 9.17) is 4.74 Å². The summed E-state index contributed by atoms with van der Waals surface area (Å²) in [6.07, 6.45) is 6.33. The van der Waals surface area contributed by atoms with Gasteiger partial charge in [-0.15, -0.1) is 0 Å². The first-order chi connectivity index (χ1) is 8.68. The molecule has 18 heavy (non-hydrogen) atoms. The van der Waals surface area contributed by atoms with E-state index in [1.807, 2.05) is 0 Å². The molecule has 0 aromatic carbocycles. The van der Waals surface area contributed by atoms with Crippen molar-refractivity contribution in [1.29, 1.82) is 0 Å². The number of likely N-dealkylation sites (tertiary alicyclic amines) is 1. The molecular weight excluding hydrogens is 230 g/mol. The fourth-order valence-electron chi connectivity index (χ4n) is 3.07. The molecule has 102 valence electrons. The summed E-state index contributed by atoms with van der Waals surface area (Å²) >= 11 is 0. The summed E-state index contributed by atoms with van der Waals surface area (Å²) in [6.45, 7) is 3.68. The van der Waals surface area contributed by atoms with Crippen LogP contribution in [0.1, 0.15) is 51.9 Å². The third-order valence-corrected chi connectivity index (χ3v) is 4.24. The van der Waals surface area contributed by atoms with Gasteiger partial charge in [-0.1, -0.05) is 26.2 Å². The maximum absolute atomic E-state index is 12.1. The summed E-state index contributed by atoms with van der Waals surface area (Å²) < 4.78 is 5.24. The maximum atomic E-state index is 12.1. The molecule has 1 aliphatic heterocycles. The topological polar surface area (TPSA) is 46.6 Å². The second-order valence-electron chi connectivity index (χ2n) is 5.55. The van der Waals surface area contributed by atoms with Crippen molar-refractivity contribution in [2.24, 2.45) is 5.41 Å². The Balaban J connectivity index is 1.90. The molecule has 1 heterocycles. The molecule has 1 saturated heterocycles. The highest BCUT2D eigenvalue weighted by atomic mass is 16.6. The zero-order chi connectivity index (χ0) is 13.0. The van der Waals surface area contributed by atoms with Gasteiger partial charge in [0, 0.05) is 24.9 Å². The van der Waals surface area contributed by atoms with E-state index in [2.05, 4.69) is 6.92 Å². The van der Waals surface area contributed by atoms with Crippen molar-refractivity contribution in [2.45, 2.75) is 51.9 Å². The van der Waals surface area contributed by atoms with Crippen LogP contribution in [0.4, 0.5) is 4.79 Å². The van der Waals surface area contributed by atoms with Crippen LogP contribution in [0.25, 0.3) is 0 Å². The molecular formula is C14H23NO3. The first-order valence-corrected chi connectivity index (χ1v) is 7.13. The van der Waals surface area contributed by atoms with Crippen LogP contribution in [0.3, 0.4) is 0 Å². The molecule has 0 N–H and O–H groups in total. The number of unbranched alkanes of at least 4 members (excludes halogenated alkanes) is 1. The van der Waals surface area contributed by atoms with Gasteiger partial charge >= 0.3 is 6.09 Å². The Morgan fingerprint density at radius 2 is 2.11 bits per heavy atom. The van der Waals surface area contributed by atoms with Crippen molar-refractivity contribution in [1.82, 2.24) is 4.90 Å². The van der Waals surface area contributed by atoms with Gasteiger partial charge in [0.15, 0.2) is 0 Å². The highest BCUT2D eigenvalue weighted by Gasteiger charge is 2.45. The quantitative estimate of drug-likeness (QED) is 0.727. The Morgan fingerprint density at radius 1 is 1.39 bits per heavy atom. The number of carbonyl (C=O) groups excluding carboxylic acids is 2. The smallest absolute Gasteiger partial charge is 0.409 e. The lowest BCUT2D eigenvalue weighted by Gasteiger charge is -2.38. The van der Waals surface area contributed by atoms with Crippen LogP contribution in [0.5, 0.6) is 0 Å². The fraction of sp³-hybridized carbons (Fsp3) is 0.857. The van der Waals surface area contributed by atoms with Gasteiger partial charge in [-0.3, -0.25) is 4.79 Å². The number of piperidine rings is 1. The summed E-state index contributed by atoms with van der Waals surface area (Å²) in [5, 5.41) is 0. The van der Waals surface area contributed by atoms with Crippen LogP contribution < -0.4 is 0 Å². The maximum Gasteiger partial charge on any atom is 0.409 e. The van der Waals surface area contributed by atoms with E-state index in [1.165, 1.54) is 0 Å². The zero-order valence-corrected chi connectivity index (χ0v) is 11.2. The molecule has 0 radical (unpaired) electrons. The number of ether oxygens (including phenoxy) is 1. The monoisotopic (exact) mass is 253 g/mol. The van der Waals surface area contributed by atoms with E-state index in [1.54, 1.807) is 4.90 Å². The Labute approximate surface area is 109 Å². The van der Waals surface area contributed by atoms with Gasteiger partial charge in [0.05, 0.1) is 6.61 Å². The second kappa shape index (κ2) is 5.72. The van der Waals surface area contributed by atoms with E-state index in [0.29, 0.717) is 31.9 Å². The van der Waals surface area contributed by atoms with E-state index < -0.39 is 0 Å². The molecule has 0 bridgehead atoms. The van der Waals surface area contributed by atoms with Gasteiger partial charge in [0.1, 0.15) is 5.78 Å². The van der Waals surface area contributed by atoms with Crippen LogP contribution in [-0.4, -0.2) is 36.5 Å². The minimum Gasteiger partial charge on any atom is -0.449 e. The number of hydrogen-bond acceptors (Lipinski definition) is 3. The number of amides is 1. The summed E-state index contributed by atoms with van der Waals surface area (Å²) in [7, 11) is 0. The third kappa shape index (κ3) is 2.68. The van der Waals surface area contributed by atoms with E-state index in [0.717, 1.165) is 38.5 Å². The van der Waals surface area contributed by atoms with Crippen molar-refractivity contribution < 1.29 is 14.3 Å². The van der Waals surface area contributed by atoms with Gasteiger partial charge in [-0.2, -0.15) is 0 Å². The number of carbonyl (C=O) groups is 2. The Bertz CT molecular complexity index is 321. The zero-order valence-electron chi connectivity index (χ0n) is 11.2. The molecule has 0 unspecified atom stereocenters. The number of nitrogens with zero attached hydrogens (tertiary/aromatic N) is 1. The highest BCUT2D eigenvalue weighted by molar-refractivity contribution is 5.87. The molecule has 2 fully saturated rings. The normalized spacial score (nSPS) is 22.5. The molecule has 4 nitrogen and oxygen atoms in total. The number of hydrogen-bond donors (Lipinski definition) is 0. The summed E-state index contributed by atoms with van der Waals surface area (Å²) in [5.41, 5.74) is -0.234. The number of ketones is 1. The standard InChI is InChI=1S/C14H23NO3/c1-2-3-10-18-13(17)15-9-6-12(16)14(11-15)7-4-5-8-14/h2-11H2,1H3. The summed E-state index contributed by atoms with van der Waals surface area (Å²) in [5.74, 6) is 0.359. The van der Waals surface area contributed by atoms with Crippen molar-refractivity contribution in [3.63, 3.8) is 0 Å². The lowest BCUT2D eigenvalue weighted by atomic mass is 9.77. The van der Waals surface area contributed by atoms with Crippen LogP contribution >= 0.6 is 0 Å². The molecule has 2 aliphatic rings. The van der Waals surface area contributed by atoms with Crippen molar-refractivity contribution in [3.8, 4) is 0 Å². The lowest BCUT2D eigenvalue weighted by Crippen LogP contribution is -2.50. The molecule has 4 heteroatoms. The van der Waals surface area contributed by atoms with Crippen LogP contribution in [0, 0.1) is 5.41 Å². The van der Waals surface area contributed by atoms with Crippen molar-refractivity contribution in [3.05, 3.63) is 0 Å².